The first kappa shape index (κ1) is 26.2. The lowest BCUT2D eigenvalue weighted by Gasteiger charge is -2.42. The van der Waals surface area contributed by atoms with Crippen LogP contribution in [0.5, 0.6) is 0 Å². The number of nitrogens with zero attached hydrogens (tertiary/aromatic N) is 2. The summed E-state index contributed by atoms with van der Waals surface area (Å²) in [6.07, 6.45) is 3.73. The minimum atomic E-state index is -0.354. The molecule has 1 aromatic carbocycles. The van der Waals surface area contributed by atoms with Crippen LogP contribution in [-0.2, 0) is 19.1 Å². The monoisotopic (exact) mass is 516 g/mol. The fourth-order valence-electron chi connectivity index (χ4n) is 5.90. The quantitative estimate of drug-likeness (QED) is 0.501. The fraction of sp³-hybridized carbons (Fsp3) is 0.667. The van der Waals surface area contributed by atoms with E-state index in [1.54, 1.807) is 0 Å². The van der Waals surface area contributed by atoms with Gasteiger partial charge in [0.1, 0.15) is 5.82 Å². The van der Waals surface area contributed by atoms with E-state index in [-0.39, 0.29) is 60.1 Å². The van der Waals surface area contributed by atoms with Crippen molar-refractivity contribution in [2.45, 2.75) is 50.4 Å². The number of fused-ring (bicyclic) bond motifs is 1. The summed E-state index contributed by atoms with van der Waals surface area (Å²) in [5, 5.41) is 6.54. The minimum Gasteiger partial charge on any atom is -0.381 e. The SMILES string of the molecule is O=C(c1ccc(F)cc1)C1CCN(CC(=O)N(CC2NC(=O)C3COCCC3N2)C[C@@H]2CCCO2)CC1. The first-order valence-corrected chi connectivity index (χ1v) is 13.5. The summed E-state index contributed by atoms with van der Waals surface area (Å²) >= 11 is 0. The first-order chi connectivity index (χ1) is 18.0. The molecule has 4 heterocycles. The van der Waals surface area contributed by atoms with Crippen LogP contribution in [-0.4, -0.2) is 98.3 Å². The number of carbonyl (C=O) groups excluding carboxylic acids is 3. The maximum Gasteiger partial charge on any atom is 0.236 e. The van der Waals surface area contributed by atoms with Crippen LogP contribution >= 0.6 is 0 Å². The zero-order valence-corrected chi connectivity index (χ0v) is 21.2. The minimum absolute atomic E-state index is 0.00367. The molecule has 2 amide bonds. The number of piperidine rings is 1. The topological polar surface area (TPSA) is 100 Å². The second kappa shape index (κ2) is 12.0. The molecule has 3 unspecified atom stereocenters. The summed E-state index contributed by atoms with van der Waals surface area (Å²) in [4.78, 5) is 42.8. The van der Waals surface area contributed by atoms with Crippen LogP contribution in [0, 0.1) is 17.7 Å². The Morgan fingerprint density at radius 2 is 1.84 bits per heavy atom. The van der Waals surface area contributed by atoms with Crippen LogP contribution in [0.1, 0.15) is 42.5 Å². The molecule has 4 aliphatic rings. The molecule has 4 aliphatic heterocycles. The summed E-state index contributed by atoms with van der Waals surface area (Å²) in [6, 6.07) is 5.77. The van der Waals surface area contributed by atoms with E-state index in [0.29, 0.717) is 64.4 Å². The Kier molecular flexibility index (Phi) is 8.49. The van der Waals surface area contributed by atoms with Gasteiger partial charge in [-0.1, -0.05) is 0 Å². The van der Waals surface area contributed by atoms with E-state index in [2.05, 4.69) is 15.5 Å². The number of carbonyl (C=O) groups is 3. The number of hydrogen-bond donors (Lipinski definition) is 2. The number of rotatable bonds is 8. The Labute approximate surface area is 217 Å². The number of halogens is 1. The van der Waals surface area contributed by atoms with E-state index in [0.717, 1.165) is 19.3 Å². The van der Waals surface area contributed by atoms with E-state index in [1.807, 2.05) is 4.90 Å². The molecule has 202 valence electrons. The van der Waals surface area contributed by atoms with Crippen molar-refractivity contribution in [2.75, 3.05) is 52.5 Å². The average molecular weight is 517 g/mol. The van der Waals surface area contributed by atoms with Crippen LogP contribution in [0.2, 0.25) is 0 Å². The Morgan fingerprint density at radius 1 is 1.05 bits per heavy atom. The second-order valence-electron chi connectivity index (χ2n) is 10.7. The number of ether oxygens (including phenoxy) is 2. The predicted octanol–water partition coefficient (Wildman–Crippen LogP) is 1.18. The maximum absolute atomic E-state index is 13.5. The molecule has 4 saturated heterocycles. The summed E-state index contributed by atoms with van der Waals surface area (Å²) in [5.41, 5.74) is 0.535. The van der Waals surface area contributed by atoms with E-state index in [4.69, 9.17) is 9.47 Å². The van der Waals surface area contributed by atoms with Gasteiger partial charge in [0, 0.05) is 37.3 Å². The molecule has 4 fully saturated rings. The van der Waals surface area contributed by atoms with Crippen molar-refractivity contribution >= 4 is 17.6 Å². The average Bonchev–Trinajstić information content (AvgIpc) is 3.42. The van der Waals surface area contributed by atoms with Gasteiger partial charge < -0.3 is 19.7 Å². The highest BCUT2D eigenvalue weighted by molar-refractivity contribution is 5.97. The normalized spacial score (nSPS) is 28.9. The Morgan fingerprint density at radius 3 is 2.57 bits per heavy atom. The molecule has 5 rings (SSSR count). The van der Waals surface area contributed by atoms with Gasteiger partial charge in [0.15, 0.2) is 5.78 Å². The van der Waals surface area contributed by atoms with E-state index in [1.165, 1.54) is 24.3 Å². The van der Waals surface area contributed by atoms with E-state index in [9.17, 15) is 18.8 Å². The molecule has 10 heteroatoms. The van der Waals surface area contributed by atoms with Crippen molar-refractivity contribution in [3.05, 3.63) is 35.6 Å². The van der Waals surface area contributed by atoms with E-state index >= 15 is 0 Å². The van der Waals surface area contributed by atoms with Crippen LogP contribution in [0.15, 0.2) is 24.3 Å². The number of likely N-dealkylation sites (tertiary alicyclic amines) is 1. The summed E-state index contributed by atoms with van der Waals surface area (Å²) < 4.78 is 24.5. The summed E-state index contributed by atoms with van der Waals surface area (Å²) in [5.74, 6) is -0.639. The molecule has 0 bridgehead atoms. The highest BCUT2D eigenvalue weighted by Gasteiger charge is 2.39. The molecule has 4 atom stereocenters. The van der Waals surface area contributed by atoms with Crippen molar-refractivity contribution in [1.82, 2.24) is 20.4 Å². The van der Waals surface area contributed by atoms with Gasteiger partial charge in [0.2, 0.25) is 11.8 Å². The van der Waals surface area contributed by atoms with Gasteiger partial charge >= 0.3 is 0 Å². The number of hydrogen-bond acceptors (Lipinski definition) is 7. The molecule has 0 radical (unpaired) electrons. The molecular formula is C27H37FN4O5. The first-order valence-electron chi connectivity index (χ1n) is 13.5. The van der Waals surface area contributed by atoms with Crippen molar-refractivity contribution in [3.63, 3.8) is 0 Å². The zero-order chi connectivity index (χ0) is 25.8. The van der Waals surface area contributed by atoms with Gasteiger partial charge in [0.05, 0.1) is 37.9 Å². The van der Waals surface area contributed by atoms with Crippen molar-refractivity contribution in [1.29, 1.82) is 0 Å². The molecule has 0 aliphatic carbocycles. The largest absolute Gasteiger partial charge is 0.381 e. The van der Waals surface area contributed by atoms with Crippen molar-refractivity contribution in [2.24, 2.45) is 11.8 Å². The van der Waals surface area contributed by atoms with E-state index < -0.39 is 0 Å². The lowest BCUT2D eigenvalue weighted by Crippen LogP contribution is -2.67. The molecule has 0 spiro atoms. The highest BCUT2D eigenvalue weighted by atomic mass is 19.1. The van der Waals surface area contributed by atoms with Crippen LogP contribution in [0.3, 0.4) is 0 Å². The zero-order valence-electron chi connectivity index (χ0n) is 21.2. The van der Waals surface area contributed by atoms with Gasteiger partial charge in [-0.25, -0.2) is 4.39 Å². The molecule has 0 saturated carbocycles. The third-order valence-corrected chi connectivity index (χ3v) is 8.07. The Hall–Kier alpha value is -2.40. The number of benzene rings is 1. The fourth-order valence-corrected chi connectivity index (χ4v) is 5.90. The Bertz CT molecular complexity index is 962. The van der Waals surface area contributed by atoms with Crippen LogP contribution in [0.4, 0.5) is 4.39 Å². The van der Waals surface area contributed by atoms with Gasteiger partial charge in [-0.05, 0) is 69.5 Å². The number of nitrogens with one attached hydrogen (secondary N) is 2. The van der Waals surface area contributed by atoms with Crippen LogP contribution < -0.4 is 10.6 Å². The summed E-state index contributed by atoms with van der Waals surface area (Å²) in [7, 11) is 0. The lowest BCUT2D eigenvalue weighted by atomic mass is 9.89. The predicted molar refractivity (Wildman–Crippen MR) is 133 cm³/mol. The lowest BCUT2D eigenvalue weighted by molar-refractivity contribution is -0.140. The molecule has 2 N–H and O–H groups in total. The van der Waals surface area contributed by atoms with Gasteiger partial charge in [0.25, 0.3) is 0 Å². The third kappa shape index (κ3) is 6.54. The van der Waals surface area contributed by atoms with Gasteiger partial charge in [-0.3, -0.25) is 24.6 Å². The molecule has 37 heavy (non-hydrogen) atoms. The number of amides is 2. The smallest absolute Gasteiger partial charge is 0.236 e. The number of Topliss-reactive ketones (excluding diaryl/α,β-unsaturated/α-hetero) is 1. The molecule has 9 nitrogen and oxygen atoms in total. The van der Waals surface area contributed by atoms with Crippen molar-refractivity contribution < 1.29 is 28.2 Å². The maximum atomic E-state index is 13.5. The molecule has 0 aromatic heterocycles. The van der Waals surface area contributed by atoms with Crippen molar-refractivity contribution in [3.8, 4) is 0 Å². The highest BCUT2D eigenvalue weighted by Crippen LogP contribution is 2.23. The standard InChI is InChI=1S/C27H37FN4O5/c28-20-5-3-18(4-6-20)26(34)19-7-10-31(11-8-19)16-25(33)32(14-21-2-1-12-37-21)15-24-29-23-9-13-36-17-22(23)27(35)30-24/h3-6,19,21-24,29H,1-2,7-17H2,(H,30,35)/t21-,22?,23?,24?/m0/s1. The third-order valence-electron chi connectivity index (χ3n) is 8.07. The molecule has 1 aromatic rings. The summed E-state index contributed by atoms with van der Waals surface area (Å²) in [6.45, 7) is 4.23. The number of ketones is 1. The second-order valence-corrected chi connectivity index (χ2v) is 10.7. The van der Waals surface area contributed by atoms with Gasteiger partial charge in [-0.2, -0.15) is 0 Å². The Balaban J connectivity index is 1.16. The molecular weight excluding hydrogens is 479 g/mol. The van der Waals surface area contributed by atoms with Gasteiger partial charge in [-0.15, -0.1) is 0 Å². The van der Waals surface area contributed by atoms with Crippen LogP contribution in [0.25, 0.3) is 0 Å².